The highest BCUT2D eigenvalue weighted by molar-refractivity contribution is 7.89. The lowest BCUT2D eigenvalue weighted by Gasteiger charge is -2.42. The molecule has 3 aromatic rings. The Balaban J connectivity index is 1.06. The minimum atomic E-state index is -3.30. The van der Waals surface area contributed by atoms with Crippen LogP contribution in [-0.4, -0.2) is 116 Å². The fraction of sp³-hybridized carbons (Fsp3) is 0.545. The van der Waals surface area contributed by atoms with Gasteiger partial charge >= 0.3 is 0 Å². The van der Waals surface area contributed by atoms with Crippen LogP contribution in [0.1, 0.15) is 42.7 Å². The molecule has 4 heterocycles. The maximum absolute atomic E-state index is 13.4. The molecular formula is C33H46N6O3S. The number of likely N-dealkylation sites (N-methyl/N-ethyl adjacent to an activating group) is 1. The number of sulfonamides is 1. The van der Waals surface area contributed by atoms with E-state index < -0.39 is 10.0 Å². The number of benzene rings is 2. The first-order valence-electron chi connectivity index (χ1n) is 15.9. The van der Waals surface area contributed by atoms with Gasteiger partial charge in [0, 0.05) is 69.0 Å². The maximum atomic E-state index is 13.4. The predicted octanol–water partition coefficient (Wildman–Crippen LogP) is 3.08. The standard InChI is InChI=1S/C33H46N6O3S/c1-36-15-17-38(18-16-36)29-9-11-37(12-10-29)19-20-43(41,42)39-13-7-26(8-14-39)31-24-35-33-28(23-32(34)40)21-27(22-30(31)33)25-5-3-2-4-6-25/h2-6,21-22,24,26,29,35H,7-20,23H2,1H3,(H2,34,40). The molecular weight excluding hydrogens is 560 g/mol. The van der Waals surface area contributed by atoms with Crippen molar-refractivity contribution in [2.24, 2.45) is 5.73 Å². The molecule has 0 saturated carbocycles. The monoisotopic (exact) mass is 606 g/mol. The van der Waals surface area contributed by atoms with Gasteiger partial charge in [0.2, 0.25) is 15.9 Å². The van der Waals surface area contributed by atoms with Crippen LogP contribution in [0.3, 0.4) is 0 Å². The van der Waals surface area contributed by atoms with Gasteiger partial charge < -0.3 is 20.5 Å². The smallest absolute Gasteiger partial charge is 0.221 e. The maximum Gasteiger partial charge on any atom is 0.221 e. The van der Waals surface area contributed by atoms with Crippen LogP contribution in [0.5, 0.6) is 0 Å². The summed E-state index contributed by atoms with van der Waals surface area (Å²) in [6.45, 7) is 8.23. The third-order valence-electron chi connectivity index (χ3n) is 9.94. The third-order valence-corrected chi connectivity index (χ3v) is 11.8. The summed E-state index contributed by atoms with van der Waals surface area (Å²) < 4.78 is 28.4. The second kappa shape index (κ2) is 13.1. The van der Waals surface area contributed by atoms with Crippen LogP contribution in [0.25, 0.3) is 22.0 Å². The van der Waals surface area contributed by atoms with Crippen molar-refractivity contribution in [2.75, 3.05) is 71.7 Å². The molecule has 232 valence electrons. The van der Waals surface area contributed by atoms with E-state index in [1.807, 2.05) is 30.5 Å². The van der Waals surface area contributed by atoms with E-state index in [0.717, 1.165) is 92.5 Å². The number of carbonyl (C=O) groups excluding carboxylic acids is 1. The van der Waals surface area contributed by atoms with Gasteiger partial charge in [0.15, 0.2) is 0 Å². The summed E-state index contributed by atoms with van der Waals surface area (Å²) in [7, 11) is -1.11. The number of fused-ring (bicyclic) bond motifs is 1. The Morgan fingerprint density at radius 1 is 0.907 bits per heavy atom. The van der Waals surface area contributed by atoms with Crippen molar-refractivity contribution in [3.63, 3.8) is 0 Å². The van der Waals surface area contributed by atoms with Crippen LogP contribution in [-0.2, 0) is 21.2 Å². The lowest BCUT2D eigenvalue weighted by molar-refractivity contribution is -0.117. The molecule has 3 aliphatic rings. The second-order valence-corrected chi connectivity index (χ2v) is 14.8. The van der Waals surface area contributed by atoms with Crippen molar-refractivity contribution in [3.05, 3.63) is 59.8 Å². The number of hydrogen-bond acceptors (Lipinski definition) is 6. The van der Waals surface area contributed by atoms with Gasteiger partial charge in [-0.1, -0.05) is 30.3 Å². The van der Waals surface area contributed by atoms with Crippen molar-refractivity contribution in [3.8, 4) is 11.1 Å². The first-order valence-corrected chi connectivity index (χ1v) is 17.5. The average Bonchev–Trinajstić information content (AvgIpc) is 3.45. The zero-order valence-electron chi connectivity index (χ0n) is 25.4. The van der Waals surface area contributed by atoms with Gasteiger partial charge in [-0.2, -0.15) is 0 Å². The topological polar surface area (TPSA) is 106 Å². The molecule has 0 atom stereocenters. The zero-order chi connectivity index (χ0) is 30.0. The van der Waals surface area contributed by atoms with Crippen LogP contribution in [0.2, 0.25) is 0 Å². The SMILES string of the molecule is CN1CCN(C2CCN(CCS(=O)(=O)N3CCC(c4c[nH]c5c(CC(N)=O)cc(-c6ccccc6)cc45)CC3)CC2)CC1. The van der Waals surface area contributed by atoms with E-state index in [9.17, 15) is 13.2 Å². The Hall–Kier alpha value is -2.76. The molecule has 6 rings (SSSR count). The Kier molecular flexibility index (Phi) is 9.21. The number of primary amides is 1. The van der Waals surface area contributed by atoms with Gasteiger partial charge in [-0.25, -0.2) is 12.7 Å². The molecule has 1 aromatic heterocycles. The molecule has 0 spiro atoms. The van der Waals surface area contributed by atoms with Gasteiger partial charge in [0.1, 0.15) is 0 Å². The summed E-state index contributed by atoms with van der Waals surface area (Å²) in [5.74, 6) is 0.0859. The number of rotatable bonds is 9. The van der Waals surface area contributed by atoms with Crippen molar-refractivity contribution in [1.29, 1.82) is 0 Å². The summed E-state index contributed by atoms with van der Waals surface area (Å²) in [5, 5.41) is 1.10. The van der Waals surface area contributed by atoms with Crippen LogP contribution < -0.4 is 5.73 Å². The molecule has 2 aromatic carbocycles. The first-order chi connectivity index (χ1) is 20.8. The van der Waals surface area contributed by atoms with Gasteiger partial charge in [0.05, 0.1) is 12.2 Å². The van der Waals surface area contributed by atoms with E-state index in [0.29, 0.717) is 25.7 Å². The minimum Gasteiger partial charge on any atom is -0.369 e. The largest absolute Gasteiger partial charge is 0.369 e. The van der Waals surface area contributed by atoms with Crippen LogP contribution in [0.15, 0.2) is 48.7 Å². The number of likely N-dealkylation sites (tertiary alicyclic amines) is 1. The number of aromatic nitrogens is 1. The Morgan fingerprint density at radius 3 is 2.28 bits per heavy atom. The number of hydrogen-bond donors (Lipinski definition) is 2. The quantitative estimate of drug-likeness (QED) is 0.388. The molecule has 0 bridgehead atoms. The molecule has 9 nitrogen and oxygen atoms in total. The highest BCUT2D eigenvalue weighted by atomic mass is 32.2. The molecule has 10 heteroatoms. The van der Waals surface area contributed by atoms with E-state index in [4.69, 9.17) is 5.73 Å². The van der Waals surface area contributed by atoms with Crippen LogP contribution in [0.4, 0.5) is 0 Å². The fourth-order valence-electron chi connectivity index (χ4n) is 7.30. The zero-order valence-corrected chi connectivity index (χ0v) is 26.2. The van der Waals surface area contributed by atoms with Gasteiger partial charge in [0.25, 0.3) is 0 Å². The number of carbonyl (C=O) groups is 1. The number of nitrogens with zero attached hydrogens (tertiary/aromatic N) is 4. The Morgan fingerprint density at radius 2 is 1.60 bits per heavy atom. The van der Waals surface area contributed by atoms with E-state index in [1.165, 1.54) is 5.56 Å². The van der Waals surface area contributed by atoms with Gasteiger partial charge in [-0.05, 0) is 86.1 Å². The van der Waals surface area contributed by atoms with E-state index in [2.05, 4.69) is 44.9 Å². The molecule has 3 aliphatic heterocycles. The number of nitrogens with two attached hydrogens (primary N) is 1. The predicted molar refractivity (Wildman–Crippen MR) is 172 cm³/mol. The third kappa shape index (κ3) is 6.99. The van der Waals surface area contributed by atoms with Gasteiger partial charge in [-0.15, -0.1) is 0 Å². The molecule has 0 radical (unpaired) electrons. The van der Waals surface area contributed by atoms with Crippen molar-refractivity contribution < 1.29 is 13.2 Å². The number of piperazine rings is 1. The summed E-state index contributed by atoms with van der Waals surface area (Å²) >= 11 is 0. The van der Waals surface area contributed by atoms with Crippen LogP contribution >= 0.6 is 0 Å². The van der Waals surface area contributed by atoms with Crippen molar-refractivity contribution >= 4 is 26.8 Å². The lowest BCUT2D eigenvalue weighted by atomic mass is 9.88. The van der Waals surface area contributed by atoms with E-state index in [-0.39, 0.29) is 24.0 Å². The summed E-state index contributed by atoms with van der Waals surface area (Å²) in [6.07, 6.45) is 6.04. The molecule has 3 saturated heterocycles. The minimum absolute atomic E-state index is 0.168. The number of amides is 1. The average molecular weight is 607 g/mol. The lowest BCUT2D eigenvalue weighted by Crippen LogP contribution is -2.52. The normalized spacial score (nSPS) is 21.0. The number of nitrogens with one attached hydrogen (secondary N) is 1. The molecule has 0 unspecified atom stereocenters. The van der Waals surface area contributed by atoms with Crippen LogP contribution in [0, 0.1) is 0 Å². The van der Waals surface area contributed by atoms with Gasteiger partial charge in [-0.3, -0.25) is 9.69 Å². The number of H-pyrrole nitrogens is 1. The number of aromatic amines is 1. The molecule has 43 heavy (non-hydrogen) atoms. The Bertz CT molecular complexity index is 1500. The summed E-state index contributed by atoms with van der Waals surface area (Å²) in [5.41, 5.74) is 10.8. The molecule has 3 fully saturated rings. The highest BCUT2D eigenvalue weighted by Crippen LogP contribution is 2.37. The van der Waals surface area contributed by atoms with E-state index in [1.54, 1.807) is 4.31 Å². The van der Waals surface area contributed by atoms with Crippen molar-refractivity contribution in [2.45, 2.75) is 44.1 Å². The first kappa shape index (κ1) is 30.3. The Labute approximate surface area is 256 Å². The number of piperidine rings is 2. The van der Waals surface area contributed by atoms with Crippen molar-refractivity contribution in [1.82, 2.24) is 24.0 Å². The molecule has 3 N–H and O–H groups in total. The fourth-order valence-corrected chi connectivity index (χ4v) is 8.82. The highest BCUT2D eigenvalue weighted by Gasteiger charge is 2.32. The second-order valence-electron chi connectivity index (χ2n) is 12.7. The summed E-state index contributed by atoms with van der Waals surface area (Å²) in [4.78, 5) is 22.7. The summed E-state index contributed by atoms with van der Waals surface area (Å²) in [6, 6.07) is 15.0. The molecule has 0 aliphatic carbocycles. The van der Waals surface area contributed by atoms with E-state index >= 15 is 0 Å². The molecule has 1 amide bonds.